The fourth-order valence-corrected chi connectivity index (χ4v) is 3.23. The third-order valence-electron chi connectivity index (χ3n) is 4.37. The summed E-state index contributed by atoms with van der Waals surface area (Å²) in [7, 11) is 0. The minimum Gasteiger partial charge on any atom is -0.482 e. The van der Waals surface area contributed by atoms with Crippen LogP contribution in [0.15, 0.2) is 54.1 Å². The van der Waals surface area contributed by atoms with E-state index in [9.17, 15) is 14.4 Å². The highest BCUT2D eigenvalue weighted by atomic mass is 32.1. The average Bonchev–Trinajstić information content (AvgIpc) is 2.71. The Bertz CT molecular complexity index is 1060. The Morgan fingerprint density at radius 3 is 2.45 bits per heavy atom. The summed E-state index contributed by atoms with van der Waals surface area (Å²) in [6.07, 6.45) is 1.28. The summed E-state index contributed by atoms with van der Waals surface area (Å²) in [6, 6.07) is 13.9. The fourth-order valence-electron chi connectivity index (χ4n) is 2.96. The van der Waals surface area contributed by atoms with Crippen molar-refractivity contribution >= 4 is 46.9 Å². The van der Waals surface area contributed by atoms with E-state index in [1.54, 1.807) is 50.2 Å². The molecule has 1 aliphatic heterocycles. The number of rotatable bonds is 6. The topological polar surface area (TPSA) is 84.9 Å². The summed E-state index contributed by atoms with van der Waals surface area (Å²) in [6.45, 7) is 5.18. The van der Waals surface area contributed by atoms with Gasteiger partial charge >= 0.3 is 5.97 Å². The monoisotopic (exact) mass is 438 g/mol. The van der Waals surface area contributed by atoms with E-state index in [0.29, 0.717) is 17.0 Å². The second kappa shape index (κ2) is 9.53. The number of nitrogens with zero attached hydrogens (tertiary/aromatic N) is 1. The first-order valence-electron chi connectivity index (χ1n) is 9.65. The van der Waals surface area contributed by atoms with Crippen molar-refractivity contribution in [1.82, 2.24) is 5.32 Å². The van der Waals surface area contributed by atoms with E-state index in [1.807, 2.05) is 19.1 Å². The molecule has 2 amide bonds. The molecule has 0 spiro atoms. The molecule has 7 nitrogen and oxygen atoms in total. The molecule has 0 aromatic heterocycles. The predicted molar refractivity (Wildman–Crippen MR) is 121 cm³/mol. The lowest BCUT2D eigenvalue weighted by Gasteiger charge is -2.30. The minimum absolute atomic E-state index is 0.0361. The Morgan fingerprint density at radius 1 is 1.13 bits per heavy atom. The minimum atomic E-state index is -0.559. The Labute approximate surface area is 185 Å². The maximum atomic E-state index is 13.1. The smallest absolute Gasteiger partial charge is 0.344 e. The number of anilines is 1. The number of para-hydroxylation sites is 1. The third kappa shape index (κ3) is 5.35. The van der Waals surface area contributed by atoms with Crippen LogP contribution in [0.1, 0.15) is 25.0 Å². The van der Waals surface area contributed by atoms with Gasteiger partial charge in [-0.05, 0) is 68.4 Å². The number of esters is 1. The Kier molecular flexibility index (Phi) is 6.81. The van der Waals surface area contributed by atoms with Gasteiger partial charge in [-0.1, -0.05) is 30.3 Å². The zero-order valence-corrected chi connectivity index (χ0v) is 18.2. The zero-order chi connectivity index (χ0) is 22.5. The molecule has 0 saturated carbocycles. The summed E-state index contributed by atoms with van der Waals surface area (Å²) in [5, 5.41) is 2.61. The van der Waals surface area contributed by atoms with Crippen LogP contribution in [0, 0.1) is 6.92 Å². The largest absolute Gasteiger partial charge is 0.482 e. The molecule has 31 heavy (non-hydrogen) atoms. The van der Waals surface area contributed by atoms with Crippen molar-refractivity contribution in [1.29, 1.82) is 0 Å². The van der Waals surface area contributed by atoms with Crippen molar-refractivity contribution < 1.29 is 23.9 Å². The number of carbonyl (C=O) groups excluding carboxylic acids is 3. The van der Waals surface area contributed by atoms with Crippen molar-refractivity contribution in [2.45, 2.75) is 26.9 Å². The van der Waals surface area contributed by atoms with E-state index < -0.39 is 17.8 Å². The number of hydrogen-bond acceptors (Lipinski definition) is 6. The first-order chi connectivity index (χ1) is 14.8. The van der Waals surface area contributed by atoms with Crippen LogP contribution in [0.2, 0.25) is 0 Å². The molecule has 0 unspecified atom stereocenters. The second-order valence-electron chi connectivity index (χ2n) is 7.14. The summed E-state index contributed by atoms with van der Waals surface area (Å²) in [4.78, 5) is 38.4. The van der Waals surface area contributed by atoms with Crippen LogP contribution in [0.25, 0.3) is 6.08 Å². The molecule has 0 radical (unpaired) electrons. The Balaban J connectivity index is 1.78. The number of thiocarbonyl (C=S) groups is 1. The van der Waals surface area contributed by atoms with E-state index in [-0.39, 0.29) is 23.4 Å². The van der Waals surface area contributed by atoms with Gasteiger partial charge in [0.25, 0.3) is 11.8 Å². The number of aryl methyl sites for hydroxylation is 1. The highest BCUT2D eigenvalue weighted by Crippen LogP contribution is 2.25. The Morgan fingerprint density at radius 2 is 1.81 bits per heavy atom. The van der Waals surface area contributed by atoms with Gasteiger partial charge in [0.2, 0.25) is 0 Å². The molecule has 1 fully saturated rings. The molecule has 0 bridgehead atoms. The number of ether oxygens (including phenoxy) is 2. The first kappa shape index (κ1) is 22.2. The summed E-state index contributed by atoms with van der Waals surface area (Å²) < 4.78 is 10.4. The average molecular weight is 439 g/mol. The van der Waals surface area contributed by atoms with Crippen LogP contribution in [-0.4, -0.2) is 35.6 Å². The molecular formula is C23H22N2O5S. The third-order valence-corrected chi connectivity index (χ3v) is 4.66. The molecule has 2 aromatic rings. The van der Waals surface area contributed by atoms with E-state index >= 15 is 0 Å². The summed E-state index contributed by atoms with van der Waals surface area (Å²) in [5.41, 5.74) is 2.05. The van der Waals surface area contributed by atoms with E-state index in [4.69, 9.17) is 21.7 Å². The van der Waals surface area contributed by atoms with Crippen LogP contribution in [0.3, 0.4) is 0 Å². The number of hydrogen-bond donors (Lipinski definition) is 1. The van der Waals surface area contributed by atoms with Gasteiger partial charge < -0.3 is 9.47 Å². The summed E-state index contributed by atoms with van der Waals surface area (Å²) in [5.74, 6) is -1.06. The molecule has 0 aliphatic carbocycles. The van der Waals surface area contributed by atoms with Crippen molar-refractivity contribution in [3.8, 4) is 5.75 Å². The first-order valence-corrected chi connectivity index (χ1v) is 10.1. The number of benzene rings is 2. The second-order valence-corrected chi connectivity index (χ2v) is 7.53. The highest BCUT2D eigenvalue weighted by Gasteiger charge is 2.34. The van der Waals surface area contributed by atoms with E-state index in [0.717, 1.165) is 5.56 Å². The van der Waals surface area contributed by atoms with Crippen molar-refractivity contribution in [2.24, 2.45) is 0 Å². The van der Waals surface area contributed by atoms with Crippen LogP contribution in [0.5, 0.6) is 5.75 Å². The molecule has 3 rings (SSSR count). The molecule has 0 atom stereocenters. The van der Waals surface area contributed by atoms with Gasteiger partial charge in [0.05, 0.1) is 11.8 Å². The van der Waals surface area contributed by atoms with Crippen LogP contribution in [0.4, 0.5) is 5.69 Å². The van der Waals surface area contributed by atoms with Crippen LogP contribution < -0.4 is 15.0 Å². The standard InChI is InChI=1S/C23H22N2O5S/c1-14(2)30-20(26)13-29-17-10-8-16(9-11-17)12-18-21(27)24-23(31)25(22(18)28)19-7-5-4-6-15(19)3/h4-12,14H,13H2,1-3H3,(H,24,27,31)/b18-12+. The van der Waals surface area contributed by atoms with Gasteiger partial charge in [-0.15, -0.1) is 0 Å². The highest BCUT2D eigenvalue weighted by molar-refractivity contribution is 7.80. The lowest BCUT2D eigenvalue weighted by molar-refractivity contribution is -0.149. The Hall–Kier alpha value is -3.52. The molecule has 2 aromatic carbocycles. The number of nitrogens with one attached hydrogen (secondary N) is 1. The van der Waals surface area contributed by atoms with Gasteiger partial charge in [-0.25, -0.2) is 4.79 Å². The maximum Gasteiger partial charge on any atom is 0.344 e. The normalized spacial score (nSPS) is 15.3. The van der Waals surface area contributed by atoms with Gasteiger partial charge in [0.15, 0.2) is 11.7 Å². The van der Waals surface area contributed by atoms with E-state index in [1.165, 1.54) is 11.0 Å². The van der Waals surface area contributed by atoms with Crippen LogP contribution >= 0.6 is 12.2 Å². The maximum absolute atomic E-state index is 13.1. The van der Waals surface area contributed by atoms with Gasteiger partial charge in [0.1, 0.15) is 11.3 Å². The zero-order valence-electron chi connectivity index (χ0n) is 17.4. The molecule has 1 aliphatic rings. The van der Waals surface area contributed by atoms with E-state index in [2.05, 4.69) is 5.32 Å². The molecule has 1 N–H and O–H groups in total. The van der Waals surface area contributed by atoms with Crippen LogP contribution in [-0.2, 0) is 19.1 Å². The lowest BCUT2D eigenvalue weighted by Crippen LogP contribution is -2.54. The fraction of sp³-hybridized carbons (Fsp3) is 0.217. The van der Waals surface area contributed by atoms with Crippen molar-refractivity contribution in [3.05, 3.63) is 65.2 Å². The van der Waals surface area contributed by atoms with Gasteiger partial charge in [0, 0.05) is 0 Å². The number of carbonyl (C=O) groups is 3. The molecule has 1 saturated heterocycles. The van der Waals surface area contributed by atoms with Crippen molar-refractivity contribution in [3.63, 3.8) is 0 Å². The predicted octanol–water partition coefficient (Wildman–Crippen LogP) is 3.16. The summed E-state index contributed by atoms with van der Waals surface area (Å²) >= 11 is 5.23. The van der Waals surface area contributed by atoms with Crippen molar-refractivity contribution in [2.75, 3.05) is 11.5 Å². The quantitative estimate of drug-likeness (QED) is 0.323. The molecule has 8 heteroatoms. The number of amides is 2. The molecule has 160 valence electrons. The SMILES string of the molecule is Cc1ccccc1N1C(=O)/C(=C/c2ccc(OCC(=O)OC(C)C)cc2)C(=O)NC1=S. The van der Waals surface area contributed by atoms with Gasteiger partial charge in [-0.2, -0.15) is 0 Å². The molecule has 1 heterocycles. The lowest BCUT2D eigenvalue weighted by atomic mass is 10.1. The molecular weight excluding hydrogens is 416 g/mol. The van der Waals surface area contributed by atoms with Gasteiger partial charge in [-0.3, -0.25) is 19.8 Å².